The molecule has 3 rings (SSSR count). The molecule has 196 valence electrons. The zero-order valence-electron chi connectivity index (χ0n) is 20.1. The van der Waals surface area contributed by atoms with Gasteiger partial charge in [0.25, 0.3) is 10.1 Å². The number of carbonyl (C=O) groups is 2. The van der Waals surface area contributed by atoms with Crippen molar-refractivity contribution >= 4 is 28.0 Å². The van der Waals surface area contributed by atoms with E-state index in [2.05, 4.69) is 5.32 Å². The van der Waals surface area contributed by atoms with Crippen molar-refractivity contribution in [2.24, 2.45) is 5.73 Å². The molecule has 1 amide bonds. The summed E-state index contributed by atoms with van der Waals surface area (Å²) in [5.74, 6) is -0.176. The third-order valence-electron chi connectivity index (χ3n) is 4.52. The number of hydrogen-bond acceptors (Lipinski definition) is 8. The summed E-state index contributed by atoms with van der Waals surface area (Å²) in [4.78, 5) is 24.3. The van der Waals surface area contributed by atoms with E-state index in [4.69, 9.17) is 29.9 Å². The average molecular weight is 530 g/mol. The lowest BCUT2D eigenvalue weighted by molar-refractivity contribution is 0.0729. The van der Waals surface area contributed by atoms with E-state index < -0.39 is 22.2 Å². The molecule has 0 spiro atoms. The highest BCUT2D eigenvalue weighted by Crippen LogP contribution is 2.28. The van der Waals surface area contributed by atoms with Crippen LogP contribution in [-0.4, -0.2) is 44.2 Å². The molecule has 0 atom stereocenters. The molecular formula is C25H27N3O8S. The fourth-order valence-electron chi connectivity index (χ4n) is 2.79. The Bertz CT molecular complexity index is 1320. The van der Waals surface area contributed by atoms with Crippen molar-refractivity contribution in [1.29, 1.82) is 5.41 Å². The van der Waals surface area contributed by atoms with Crippen LogP contribution in [0.5, 0.6) is 11.5 Å². The number of esters is 1. The zero-order valence-corrected chi connectivity index (χ0v) is 20.9. The predicted molar refractivity (Wildman–Crippen MR) is 136 cm³/mol. The second-order valence-electron chi connectivity index (χ2n) is 7.51. The predicted octanol–water partition coefficient (Wildman–Crippen LogP) is 3.13. The third-order valence-corrected chi connectivity index (χ3v) is 4.52. The van der Waals surface area contributed by atoms with Gasteiger partial charge in [-0.05, 0) is 41.5 Å². The number of methoxy groups -OCH3 is 1. The van der Waals surface area contributed by atoms with Crippen molar-refractivity contribution in [3.63, 3.8) is 0 Å². The van der Waals surface area contributed by atoms with Crippen LogP contribution < -0.4 is 20.5 Å². The smallest absolute Gasteiger partial charge is 0.407 e. The SMILES string of the molecule is COc1cc(C(=N)N)ccc1OC(=O)c1ccc(CNC(=O)OCc2ccccc2)cc1.CS(=O)(=O)O. The third kappa shape index (κ3) is 10.8. The maximum absolute atomic E-state index is 12.5. The van der Waals surface area contributed by atoms with Gasteiger partial charge in [-0.3, -0.25) is 9.96 Å². The molecule has 0 bridgehead atoms. The van der Waals surface area contributed by atoms with Gasteiger partial charge in [0.15, 0.2) is 11.5 Å². The van der Waals surface area contributed by atoms with Gasteiger partial charge >= 0.3 is 12.1 Å². The molecule has 0 heterocycles. The van der Waals surface area contributed by atoms with E-state index in [0.717, 1.165) is 11.1 Å². The first-order valence-corrected chi connectivity index (χ1v) is 12.5. The van der Waals surface area contributed by atoms with Gasteiger partial charge in [0.2, 0.25) is 0 Å². The molecule has 11 nitrogen and oxygen atoms in total. The first-order valence-electron chi connectivity index (χ1n) is 10.7. The highest BCUT2D eigenvalue weighted by atomic mass is 32.2. The van der Waals surface area contributed by atoms with Crippen LogP contribution in [0.3, 0.4) is 0 Å². The Morgan fingerprint density at radius 3 is 2.11 bits per heavy atom. The summed E-state index contributed by atoms with van der Waals surface area (Å²) >= 11 is 0. The number of nitrogen functional groups attached to an aromatic ring is 1. The minimum Gasteiger partial charge on any atom is -0.493 e. The summed E-state index contributed by atoms with van der Waals surface area (Å²) in [5, 5.41) is 10.1. The number of nitrogens with two attached hydrogens (primary N) is 1. The Hall–Kier alpha value is -4.42. The molecule has 0 aliphatic carbocycles. The molecular weight excluding hydrogens is 502 g/mol. The number of nitrogens with one attached hydrogen (secondary N) is 2. The number of carbonyl (C=O) groups excluding carboxylic acids is 2. The maximum Gasteiger partial charge on any atom is 0.407 e. The monoisotopic (exact) mass is 529 g/mol. The van der Waals surface area contributed by atoms with Crippen LogP contribution in [-0.2, 0) is 28.0 Å². The van der Waals surface area contributed by atoms with Gasteiger partial charge in [0.1, 0.15) is 12.4 Å². The molecule has 12 heteroatoms. The summed E-state index contributed by atoms with van der Waals surface area (Å²) < 4.78 is 41.7. The summed E-state index contributed by atoms with van der Waals surface area (Å²) in [6.45, 7) is 0.442. The fourth-order valence-corrected chi connectivity index (χ4v) is 2.79. The second kappa shape index (κ2) is 13.6. The van der Waals surface area contributed by atoms with Crippen LogP contribution in [0.2, 0.25) is 0 Å². The molecule has 3 aromatic rings. The lowest BCUT2D eigenvalue weighted by Crippen LogP contribution is -2.23. The Balaban J connectivity index is 0.000000877. The van der Waals surface area contributed by atoms with Crippen LogP contribution in [0.4, 0.5) is 4.79 Å². The first-order chi connectivity index (χ1) is 17.5. The molecule has 0 fully saturated rings. The van der Waals surface area contributed by atoms with Crippen LogP contribution in [0.1, 0.15) is 27.0 Å². The van der Waals surface area contributed by atoms with Crippen LogP contribution in [0.15, 0.2) is 72.8 Å². The van der Waals surface area contributed by atoms with Gasteiger partial charge < -0.3 is 25.3 Å². The van der Waals surface area contributed by atoms with Gasteiger partial charge in [-0.15, -0.1) is 0 Å². The van der Waals surface area contributed by atoms with Gasteiger partial charge in [-0.25, -0.2) is 9.59 Å². The second-order valence-corrected chi connectivity index (χ2v) is 8.98. The van der Waals surface area contributed by atoms with Gasteiger partial charge in [0.05, 0.1) is 18.9 Å². The average Bonchev–Trinajstić information content (AvgIpc) is 2.86. The van der Waals surface area contributed by atoms with Crippen molar-refractivity contribution < 1.29 is 36.8 Å². The molecule has 0 saturated carbocycles. The summed E-state index contributed by atoms with van der Waals surface area (Å²) in [7, 11) is -2.23. The van der Waals surface area contributed by atoms with Crippen molar-refractivity contribution in [2.45, 2.75) is 13.2 Å². The highest BCUT2D eigenvalue weighted by Gasteiger charge is 2.14. The topological polar surface area (TPSA) is 178 Å². The lowest BCUT2D eigenvalue weighted by atomic mass is 10.1. The number of rotatable bonds is 8. The Morgan fingerprint density at radius 1 is 0.946 bits per heavy atom. The van der Waals surface area contributed by atoms with Crippen molar-refractivity contribution in [3.05, 3.63) is 95.1 Å². The van der Waals surface area contributed by atoms with E-state index in [1.165, 1.54) is 19.2 Å². The quantitative estimate of drug-likeness (QED) is 0.112. The van der Waals surface area contributed by atoms with E-state index in [0.29, 0.717) is 23.1 Å². The van der Waals surface area contributed by atoms with E-state index in [1.54, 1.807) is 30.3 Å². The zero-order chi connectivity index (χ0) is 27.4. The highest BCUT2D eigenvalue weighted by molar-refractivity contribution is 7.85. The minimum absolute atomic E-state index is 0.116. The molecule has 0 saturated heterocycles. The van der Waals surface area contributed by atoms with Gasteiger partial charge in [0, 0.05) is 12.1 Å². The van der Waals surface area contributed by atoms with Crippen LogP contribution >= 0.6 is 0 Å². The number of benzene rings is 3. The number of hydrogen-bond donors (Lipinski definition) is 4. The molecule has 3 aromatic carbocycles. The molecule has 0 aliphatic heterocycles. The molecule has 0 radical (unpaired) electrons. The fraction of sp³-hybridized carbons (Fsp3) is 0.160. The summed E-state index contributed by atoms with van der Waals surface area (Å²) in [6.07, 6.45) is 0.186. The number of amides is 1. The first kappa shape index (κ1) is 28.8. The summed E-state index contributed by atoms with van der Waals surface area (Å²) in [6, 6.07) is 20.6. The standard InChI is InChI=1S/C24H23N3O5.CH4O3S/c1-30-21-13-19(22(25)26)11-12-20(21)32-23(28)18-9-7-16(8-10-18)14-27-24(29)31-15-17-5-3-2-4-6-17;1-5(2,3)4/h2-13H,14-15H2,1H3,(H3,25,26)(H,27,29);1H3,(H,2,3,4). The lowest BCUT2D eigenvalue weighted by Gasteiger charge is -2.11. The van der Waals surface area contributed by atoms with E-state index in [1.807, 2.05) is 30.3 Å². The largest absolute Gasteiger partial charge is 0.493 e. The van der Waals surface area contributed by atoms with E-state index in [9.17, 15) is 18.0 Å². The Labute approximate surface area is 214 Å². The van der Waals surface area contributed by atoms with Gasteiger partial charge in [-0.2, -0.15) is 8.42 Å². The number of ether oxygens (including phenoxy) is 3. The van der Waals surface area contributed by atoms with Crippen LogP contribution in [0.25, 0.3) is 0 Å². The molecule has 0 aromatic heterocycles. The van der Waals surface area contributed by atoms with E-state index >= 15 is 0 Å². The molecule has 0 aliphatic rings. The molecule has 0 unspecified atom stereocenters. The molecule has 37 heavy (non-hydrogen) atoms. The summed E-state index contributed by atoms with van der Waals surface area (Å²) in [5.41, 5.74) is 7.95. The van der Waals surface area contributed by atoms with Crippen molar-refractivity contribution in [2.75, 3.05) is 13.4 Å². The Kier molecular flexibility index (Phi) is 10.6. The molecule has 5 N–H and O–H groups in total. The Morgan fingerprint density at radius 2 is 1.54 bits per heavy atom. The normalized spacial score (nSPS) is 10.4. The number of amidine groups is 1. The van der Waals surface area contributed by atoms with Gasteiger partial charge in [-0.1, -0.05) is 42.5 Å². The minimum atomic E-state index is -3.67. The number of alkyl carbamates (subject to hydrolysis) is 1. The van der Waals surface area contributed by atoms with Crippen LogP contribution in [0, 0.1) is 5.41 Å². The van der Waals surface area contributed by atoms with E-state index in [-0.39, 0.29) is 24.7 Å². The maximum atomic E-state index is 12.5. The van der Waals surface area contributed by atoms with Crippen molar-refractivity contribution in [3.8, 4) is 11.5 Å². The van der Waals surface area contributed by atoms with Crippen molar-refractivity contribution in [1.82, 2.24) is 5.32 Å².